The maximum atomic E-state index is 12.3. The van der Waals surface area contributed by atoms with Crippen LogP contribution in [0.15, 0.2) is 16.6 Å². The van der Waals surface area contributed by atoms with Crippen LogP contribution in [-0.4, -0.2) is 25.3 Å². The Morgan fingerprint density at radius 1 is 1.35 bits per heavy atom. The second kappa shape index (κ2) is 5.64. The molecule has 0 unspecified atom stereocenters. The molecule has 0 aromatic heterocycles. The smallest absolute Gasteiger partial charge is 0.414 e. The maximum absolute atomic E-state index is 12.3. The van der Waals surface area contributed by atoms with Gasteiger partial charge in [-0.1, -0.05) is 0 Å². The Kier molecular flexibility index (Phi) is 4.28. The summed E-state index contributed by atoms with van der Waals surface area (Å²) in [5.74, 6) is 0.721. The Bertz CT molecular complexity index is 523. The summed E-state index contributed by atoms with van der Waals surface area (Å²) in [6.45, 7) is 6.29. The van der Waals surface area contributed by atoms with Crippen LogP contribution in [0.3, 0.4) is 0 Å². The number of fused-ring (bicyclic) bond motifs is 1. The summed E-state index contributed by atoms with van der Waals surface area (Å²) in [5, 5.41) is 0. The van der Waals surface area contributed by atoms with E-state index in [1.54, 1.807) is 12.0 Å². The number of aryl methyl sites for hydroxylation is 1. The number of hydrogen-bond donors (Lipinski definition) is 0. The van der Waals surface area contributed by atoms with Crippen molar-refractivity contribution in [1.29, 1.82) is 0 Å². The zero-order valence-corrected chi connectivity index (χ0v) is 13.9. The first kappa shape index (κ1) is 15.2. The number of ether oxygens (including phenoxy) is 2. The third-order valence-corrected chi connectivity index (χ3v) is 3.71. The number of methoxy groups -OCH3 is 1. The fourth-order valence-electron chi connectivity index (χ4n) is 2.25. The van der Waals surface area contributed by atoms with E-state index in [1.165, 1.54) is 0 Å². The van der Waals surface area contributed by atoms with E-state index in [0.29, 0.717) is 6.54 Å². The van der Waals surface area contributed by atoms with Gasteiger partial charge < -0.3 is 9.47 Å². The molecule has 1 heterocycles. The second-order valence-corrected chi connectivity index (χ2v) is 6.71. The van der Waals surface area contributed by atoms with E-state index in [4.69, 9.17) is 9.47 Å². The molecular formula is C15H20BrNO3. The lowest BCUT2D eigenvalue weighted by Gasteiger charge is -2.32. The molecule has 1 aromatic rings. The molecule has 0 N–H and O–H groups in total. The van der Waals surface area contributed by atoms with Gasteiger partial charge in [-0.2, -0.15) is 0 Å². The second-order valence-electron chi connectivity index (χ2n) is 5.85. The molecule has 5 heteroatoms. The van der Waals surface area contributed by atoms with Crippen molar-refractivity contribution in [2.45, 2.75) is 39.2 Å². The van der Waals surface area contributed by atoms with E-state index < -0.39 is 5.60 Å². The molecule has 1 aliphatic heterocycles. The van der Waals surface area contributed by atoms with Crippen LogP contribution in [0.4, 0.5) is 10.5 Å². The van der Waals surface area contributed by atoms with Gasteiger partial charge in [0.25, 0.3) is 0 Å². The zero-order valence-electron chi connectivity index (χ0n) is 12.3. The van der Waals surface area contributed by atoms with Gasteiger partial charge in [0, 0.05) is 12.6 Å². The average Bonchev–Trinajstić information content (AvgIpc) is 2.35. The van der Waals surface area contributed by atoms with Crippen LogP contribution in [0.1, 0.15) is 32.8 Å². The van der Waals surface area contributed by atoms with Crippen LogP contribution in [0.25, 0.3) is 0 Å². The van der Waals surface area contributed by atoms with Gasteiger partial charge in [-0.25, -0.2) is 4.79 Å². The van der Waals surface area contributed by atoms with E-state index in [9.17, 15) is 4.79 Å². The monoisotopic (exact) mass is 341 g/mol. The molecule has 0 bridgehead atoms. The zero-order chi connectivity index (χ0) is 14.9. The molecule has 0 saturated carbocycles. The van der Waals surface area contributed by atoms with Crippen LogP contribution in [0.5, 0.6) is 5.75 Å². The first-order chi connectivity index (χ1) is 9.31. The summed E-state index contributed by atoms with van der Waals surface area (Å²) in [6.07, 6.45) is 1.59. The van der Waals surface area contributed by atoms with Crippen LogP contribution < -0.4 is 9.64 Å². The molecule has 0 aliphatic carbocycles. The number of nitrogens with zero attached hydrogens (tertiary/aromatic N) is 1. The van der Waals surface area contributed by atoms with Crippen molar-refractivity contribution in [2.75, 3.05) is 18.6 Å². The highest BCUT2D eigenvalue weighted by atomic mass is 79.9. The third kappa shape index (κ3) is 3.26. The molecule has 110 valence electrons. The van der Waals surface area contributed by atoms with Crippen molar-refractivity contribution in [3.8, 4) is 5.75 Å². The van der Waals surface area contributed by atoms with Crippen LogP contribution in [-0.2, 0) is 11.2 Å². The van der Waals surface area contributed by atoms with Crippen molar-refractivity contribution in [1.82, 2.24) is 0 Å². The SMILES string of the molecule is COc1cc2c(cc1Br)CCCN2C(=O)OC(C)(C)C. The molecule has 0 fully saturated rings. The first-order valence-corrected chi connectivity index (χ1v) is 7.48. The van der Waals surface area contributed by atoms with Crippen LogP contribution in [0, 0.1) is 0 Å². The largest absolute Gasteiger partial charge is 0.495 e. The predicted molar refractivity (Wildman–Crippen MR) is 82.6 cm³/mol. The summed E-state index contributed by atoms with van der Waals surface area (Å²) < 4.78 is 11.7. The van der Waals surface area contributed by atoms with Gasteiger partial charge in [0.15, 0.2) is 0 Å². The summed E-state index contributed by atoms with van der Waals surface area (Å²) in [6, 6.07) is 3.91. The molecule has 20 heavy (non-hydrogen) atoms. The number of anilines is 1. The number of benzene rings is 1. The minimum atomic E-state index is -0.492. The van der Waals surface area contributed by atoms with Crippen LogP contribution >= 0.6 is 15.9 Å². The van der Waals surface area contributed by atoms with Gasteiger partial charge in [-0.15, -0.1) is 0 Å². The van der Waals surface area contributed by atoms with Gasteiger partial charge in [-0.05, 0) is 61.2 Å². The number of amides is 1. The van der Waals surface area contributed by atoms with Crippen molar-refractivity contribution in [3.05, 3.63) is 22.2 Å². The quantitative estimate of drug-likeness (QED) is 0.770. The van der Waals surface area contributed by atoms with Crippen molar-refractivity contribution in [3.63, 3.8) is 0 Å². The number of carbonyl (C=O) groups is 1. The number of halogens is 1. The van der Waals surface area contributed by atoms with E-state index in [-0.39, 0.29) is 6.09 Å². The standard InChI is InChI=1S/C15H20BrNO3/c1-15(2,3)20-14(18)17-7-5-6-10-8-11(16)13(19-4)9-12(10)17/h8-9H,5-7H2,1-4H3. The van der Waals surface area contributed by atoms with Gasteiger partial charge >= 0.3 is 6.09 Å². The van der Waals surface area contributed by atoms with Crippen molar-refractivity contribution < 1.29 is 14.3 Å². The maximum Gasteiger partial charge on any atom is 0.414 e. The number of rotatable bonds is 1. The molecule has 1 amide bonds. The topological polar surface area (TPSA) is 38.8 Å². The Morgan fingerprint density at radius 2 is 2.05 bits per heavy atom. The molecule has 0 radical (unpaired) electrons. The molecule has 4 nitrogen and oxygen atoms in total. The Labute approximate surface area is 128 Å². The predicted octanol–water partition coefficient (Wildman–Crippen LogP) is 4.15. The Morgan fingerprint density at radius 3 is 2.65 bits per heavy atom. The fraction of sp³-hybridized carbons (Fsp3) is 0.533. The third-order valence-electron chi connectivity index (χ3n) is 3.09. The lowest BCUT2D eigenvalue weighted by Crippen LogP contribution is -2.39. The van der Waals surface area contributed by atoms with Crippen molar-refractivity contribution >= 4 is 27.7 Å². The molecule has 0 saturated heterocycles. The van der Waals surface area contributed by atoms with Crippen LogP contribution in [0.2, 0.25) is 0 Å². The van der Waals surface area contributed by atoms with Gasteiger partial charge in [0.1, 0.15) is 11.4 Å². The Hall–Kier alpha value is -1.23. The minimum Gasteiger partial charge on any atom is -0.495 e. The van der Waals surface area contributed by atoms with E-state index in [2.05, 4.69) is 15.9 Å². The molecule has 2 rings (SSSR count). The lowest BCUT2D eigenvalue weighted by molar-refractivity contribution is 0.0578. The number of carbonyl (C=O) groups excluding carboxylic acids is 1. The summed E-state index contributed by atoms with van der Waals surface area (Å²) in [5.41, 5.74) is 1.52. The normalized spacial score (nSPS) is 14.8. The number of hydrogen-bond acceptors (Lipinski definition) is 3. The van der Waals surface area contributed by atoms with Crippen molar-refractivity contribution in [2.24, 2.45) is 0 Å². The van der Waals surface area contributed by atoms with E-state index >= 15 is 0 Å². The minimum absolute atomic E-state index is 0.303. The van der Waals surface area contributed by atoms with E-state index in [1.807, 2.05) is 32.9 Å². The fourth-order valence-corrected chi connectivity index (χ4v) is 2.80. The van der Waals surface area contributed by atoms with Gasteiger partial charge in [0.2, 0.25) is 0 Å². The highest BCUT2D eigenvalue weighted by Gasteiger charge is 2.28. The summed E-state index contributed by atoms with van der Waals surface area (Å²) in [4.78, 5) is 14.0. The van der Waals surface area contributed by atoms with Gasteiger partial charge in [-0.3, -0.25) is 4.90 Å². The Balaban J connectivity index is 2.34. The van der Waals surface area contributed by atoms with Gasteiger partial charge in [0.05, 0.1) is 17.3 Å². The first-order valence-electron chi connectivity index (χ1n) is 6.69. The summed E-state index contributed by atoms with van der Waals surface area (Å²) in [7, 11) is 1.62. The van der Waals surface area contributed by atoms with E-state index in [0.717, 1.165) is 34.3 Å². The summed E-state index contributed by atoms with van der Waals surface area (Å²) >= 11 is 3.48. The molecule has 0 spiro atoms. The highest BCUT2D eigenvalue weighted by Crippen LogP contribution is 2.37. The molecular weight excluding hydrogens is 322 g/mol. The average molecular weight is 342 g/mol. The lowest BCUT2D eigenvalue weighted by atomic mass is 10.0. The molecule has 1 aliphatic rings. The molecule has 1 aromatic carbocycles. The molecule has 0 atom stereocenters. The highest BCUT2D eigenvalue weighted by molar-refractivity contribution is 9.10.